The number of hydrogen-bond acceptors (Lipinski definition) is 8. The maximum absolute atomic E-state index is 11.6. The topological polar surface area (TPSA) is 112 Å². The van der Waals surface area contributed by atoms with Crippen molar-refractivity contribution in [3.05, 3.63) is 12.1 Å². The number of benzene rings is 1. The highest BCUT2D eigenvalue weighted by molar-refractivity contribution is 5.91. The van der Waals surface area contributed by atoms with Crippen LogP contribution >= 0.6 is 12.4 Å². The molecule has 1 aliphatic rings. The van der Waals surface area contributed by atoms with Gasteiger partial charge in [0, 0.05) is 30.6 Å². The van der Waals surface area contributed by atoms with E-state index in [2.05, 4.69) is 20.2 Å². The smallest absolute Gasteiger partial charge is 0.407 e. The van der Waals surface area contributed by atoms with Crippen LogP contribution in [-0.4, -0.2) is 56.0 Å². The van der Waals surface area contributed by atoms with E-state index in [1.807, 2.05) is 0 Å². The van der Waals surface area contributed by atoms with Crippen molar-refractivity contribution >= 4 is 41.2 Å². The van der Waals surface area contributed by atoms with Crippen LogP contribution in [-0.2, 0) is 4.74 Å². The van der Waals surface area contributed by atoms with E-state index in [1.165, 1.54) is 0 Å². The molecule has 10 heteroatoms. The molecule has 3 N–H and O–H groups in total. The lowest BCUT2D eigenvalue weighted by molar-refractivity contribution is 0.146. The number of nitrogens with zero attached hydrogens (tertiary/aromatic N) is 3. The number of halogens is 1. The number of hydrogen-bond donors (Lipinski definition) is 2. The molecule has 0 bridgehead atoms. The summed E-state index contributed by atoms with van der Waals surface area (Å²) in [5.41, 5.74) is 6.85. The fourth-order valence-electron chi connectivity index (χ4n) is 3.17. The number of nitrogens with two attached hydrogens (primary N) is 1. The Bertz CT molecular complexity index is 827. The number of ether oxygens (including phenoxy) is 3. The van der Waals surface area contributed by atoms with Gasteiger partial charge in [0.05, 0.1) is 26.3 Å². The highest BCUT2D eigenvalue weighted by Gasteiger charge is 2.23. The van der Waals surface area contributed by atoms with Crippen LogP contribution in [0.4, 0.5) is 16.6 Å². The van der Waals surface area contributed by atoms with E-state index in [0.717, 1.165) is 31.3 Å². The monoisotopic (exact) mass is 411 g/mol. The fraction of sp³-hybridized carbons (Fsp3) is 0.500. The SMILES string of the molecule is CCOC(=O)NC1CCN(c2nc(N)c3cc(OC)c(OC)cc3n2)CC1.Cl. The van der Waals surface area contributed by atoms with Crippen LogP contribution in [0.1, 0.15) is 19.8 Å². The number of alkyl carbamates (subject to hydrolysis) is 1. The summed E-state index contributed by atoms with van der Waals surface area (Å²) < 4.78 is 15.6. The van der Waals surface area contributed by atoms with Gasteiger partial charge in [-0.25, -0.2) is 9.78 Å². The lowest BCUT2D eigenvalue weighted by atomic mass is 10.1. The first-order valence-electron chi connectivity index (χ1n) is 8.93. The second kappa shape index (κ2) is 9.50. The van der Waals surface area contributed by atoms with E-state index >= 15 is 0 Å². The number of piperidine rings is 1. The number of amides is 1. The van der Waals surface area contributed by atoms with Crippen molar-refractivity contribution in [1.82, 2.24) is 15.3 Å². The third-order valence-corrected chi connectivity index (χ3v) is 4.59. The number of nitrogen functional groups attached to an aromatic ring is 1. The normalized spacial score (nSPS) is 14.3. The zero-order chi connectivity index (χ0) is 19.4. The van der Waals surface area contributed by atoms with Crippen LogP contribution < -0.4 is 25.4 Å². The maximum atomic E-state index is 11.6. The lowest BCUT2D eigenvalue weighted by Crippen LogP contribution is -2.45. The molecule has 1 amide bonds. The van der Waals surface area contributed by atoms with E-state index in [4.69, 9.17) is 19.9 Å². The zero-order valence-electron chi connectivity index (χ0n) is 16.2. The summed E-state index contributed by atoms with van der Waals surface area (Å²) in [5, 5.41) is 3.59. The predicted octanol–water partition coefficient (Wildman–Crippen LogP) is 2.37. The second-order valence-corrected chi connectivity index (χ2v) is 6.26. The van der Waals surface area contributed by atoms with Gasteiger partial charge < -0.3 is 30.2 Å². The molecule has 0 saturated carbocycles. The third kappa shape index (κ3) is 4.59. The van der Waals surface area contributed by atoms with E-state index in [1.54, 1.807) is 33.3 Å². The number of anilines is 2. The van der Waals surface area contributed by atoms with E-state index in [-0.39, 0.29) is 24.5 Å². The van der Waals surface area contributed by atoms with Crippen molar-refractivity contribution in [3.63, 3.8) is 0 Å². The Hall–Kier alpha value is -2.68. The molecule has 1 aromatic carbocycles. The molecule has 2 heterocycles. The number of carbonyl (C=O) groups excluding carboxylic acids is 1. The Morgan fingerprint density at radius 1 is 1.21 bits per heavy atom. The summed E-state index contributed by atoms with van der Waals surface area (Å²) >= 11 is 0. The lowest BCUT2D eigenvalue weighted by Gasteiger charge is -2.32. The summed E-state index contributed by atoms with van der Waals surface area (Å²) in [7, 11) is 3.15. The molecular formula is C18H26ClN5O4. The van der Waals surface area contributed by atoms with Gasteiger partial charge in [0.25, 0.3) is 0 Å². The van der Waals surface area contributed by atoms with Gasteiger partial charge in [0.1, 0.15) is 5.82 Å². The third-order valence-electron chi connectivity index (χ3n) is 4.59. The van der Waals surface area contributed by atoms with Crippen LogP contribution in [0.2, 0.25) is 0 Å². The van der Waals surface area contributed by atoms with E-state index in [0.29, 0.717) is 35.4 Å². The molecular weight excluding hydrogens is 386 g/mol. The highest BCUT2D eigenvalue weighted by Crippen LogP contribution is 2.34. The summed E-state index contributed by atoms with van der Waals surface area (Å²) in [6, 6.07) is 3.66. The molecule has 0 unspecified atom stereocenters. The van der Waals surface area contributed by atoms with Crippen LogP contribution in [0, 0.1) is 0 Å². The van der Waals surface area contributed by atoms with Gasteiger partial charge >= 0.3 is 6.09 Å². The molecule has 0 atom stereocenters. The first-order chi connectivity index (χ1) is 13.0. The quantitative estimate of drug-likeness (QED) is 0.771. The Balaban J connectivity index is 0.00000280. The van der Waals surface area contributed by atoms with E-state index < -0.39 is 0 Å². The summed E-state index contributed by atoms with van der Waals surface area (Å²) in [5.74, 6) is 2.13. The van der Waals surface area contributed by atoms with Crippen molar-refractivity contribution in [1.29, 1.82) is 0 Å². The van der Waals surface area contributed by atoms with Crippen LogP contribution in [0.3, 0.4) is 0 Å². The Morgan fingerprint density at radius 2 is 1.86 bits per heavy atom. The first-order valence-corrected chi connectivity index (χ1v) is 8.93. The van der Waals surface area contributed by atoms with Crippen molar-refractivity contribution in [2.24, 2.45) is 0 Å². The van der Waals surface area contributed by atoms with Crippen LogP contribution in [0.15, 0.2) is 12.1 Å². The minimum absolute atomic E-state index is 0. The molecule has 1 aliphatic heterocycles. The minimum atomic E-state index is -0.372. The van der Waals surface area contributed by atoms with Crippen molar-refractivity contribution in [3.8, 4) is 11.5 Å². The maximum Gasteiger partial charge on any atom is 0.407 e. The van der Waals surface area contributed by atoms with Crippen LogP contribution in [0.5, 0.6) is 11.5 Å². The molecule has 1 fully saturated rings. The summed E-state index contributed by atoms with van der Waals surface area (Å²) in [6.07, 6.45) is 1.20. The average Bonchev–Trinajstić information content (AvgIpc) is 2.67. The zero-order valence-corrected chi connectivity index (χ0v) is 17.0. The number of carbonyl (C=O) groups is 1. The van der Waals surface area contributed by atoms with Crippen molar-refractivity contribution in [2.75, 3.05) is 44.5 Å². The number of fused-ring (bicyclic) bond motifs is 1. The molecule has 2 aromatic rings. The molecule has 1 saturated heterocycles. The predicted molar refractivity (Wildman–Crippen MR) is 110 cm³/mol. The largest absolute Gasteiger partial charge is 0.493 e. The summed E-state index contributed by atoms with van der Waals surface area (Å²) in [4.78, 5) is 22.7. The van der Waals surface area contributed by atoms with E-state index in [9.17, 15) is 4.79 Å². The van der Waals surface area contributed by atoms with Gasteiger partial charge in [-0.1, -0.05) is 0 Å². The van der Waals surface area contributed by atoms with Crippen molar-refractivity contribution in [2.45, 2.75) is 25.8 Å². The molecule has 0 aliphatic carbocycles. The molecule has 3 rings (SSSR count). The van der Waals surface area contributed by atoms with Crippen molar-refractivity contribution < 1.29 is 19.0 Å². The van der Waals surface area contributed by atoms with Gasteiger partial charge in [-0.3, -0.25) is 0 Å². The van der Waals surface area contributed by atoms with Gasteiger partial charge in [0.15, 0.2) is 11.5 Å². The molecule has 0 spiro atoms. The highest BCUT2D eigenvalue weighted by atomic mass is 35.5. The standard InChI is InChI=1S/C18H25N5O4.ClH/c1-4-27-18(24)20-11-5-7-23(8-6-11)17-21-13-10-15(26-3)14(25-2)9-12(13)16(19)22-17;/h9-11H,4-8H2,1-3H3,(H,20,24)(H2,19,21,22);1H. The molecule has 0 radical (unpaired) electrons. The van der Waals surface area contributed by atoms with Crippen LogP contribution in [0.25, 0.3) is 10.9 Å². The molecule has 9 nitrogen and oxygen atoms in total. The van der Waals surface area contributed by atoms with Gasteiger partial charge in [-0.05, 0) is 25.8 Å². The molecule has 154 valence electrons. The minimum Gasteiger partial charge on any atom is -0.493 e. The van der Waals surface area contributed by atoms with Gasteiger partial charge in [-0.2, -0.15) is 4.98 Å². The van der Waals surface area contributed by atoms with Gasteiger partial charge in [0.2, 0.25) is 5.95 Å². The number of rotatable bonds is 5. The molecule has 28 heavy (non-hydrogen) atoms. The fourth-order valence-corrected chi connectivity index (χ4v) is 3.17. The Morgan fingerprint density at radius 3 is 2.46 bits per heavy atom. The average molecular weight is 412 g/mol. The Kier molecular flexibility index (Phi) is 7.33. The summed E-state index contributed by atoms with van der Waals surface area (Å²) in [6.45, 7) is 3.59. The van der Waals surface area contributed by atoms with Gasteiger partial charge in [-0.15, -0.1) is 12.4 Å². The first kappa shape index (κ1) is 21.6. The Labute approximate surface area is 170 Å². The number of aromatic nitrogens is 2. The second-order valence-electron chi connectivity index (χ2n) is 6.26. The molecule has 1 aromatic heterocycles. The number of nitrogens with one attached hydrogen (secondary N) is 1. The number of methoxy groups -OCH3 is 2.